The molecule has 0 saturated carbocycles. The normalized spacial score (nSPS) is 14.1. The van der Waals surface area contributed by atoms with Crippen LogP contribution in [-0.2, 0) is 17.4 Å². The van der Waals surface area contributed by atoms with E-state index in [0.29, 0.717) is 13.0 Å². The average molecular weight is 353 g/mol. The van der Waals surface area contributed by atoms with Gasteiger partial charge in [-0.1, -0.05) is 42.5 Å². The third kappa shape index (κ3) is 5.30. The molecule has 4 nitrogen and oxygen atoms in total. The minimum absolute atomic E-state index is 0.274. The van der Waals surface area contributed by atoms with Crippen LogP contribution in [0.4, 0.5) is 13.2 Å². The molecule has 0 aromatic heterocycles. The molecule has 0 aliphatic heterocycles. The standard InChI is InChI=1S/C18H18F3NO3/c19-18(20,21)14-8-6-13(7-9-14)15(16(23)17(24)25)22-11-10-12-4-2-1-3-5-12/h1-9,15-16,22-23H,10-11H2,(H,24,25)/t15-,16+/m0/s1. The van der Waals surface area contributed by atoms with Crippen molar-refractivity contribution in [2.45, 2.75) is 24.7 Å². The Morgan fingerprint density at radius 2 is 1.64 bits per heavy atom. The molecule has 0 unspecified atom stereocenters. The molecule has 0 radical (unpaired) electrons. The van der Waals surface area contributed by atoms with Crippen LogP contribution in [0, 0.1) is 0 Å². The molecule has 3 N–H and O–H groups in total. The topological polar surface area (TPSA) is 69.6 Å². The predicted molar refractivity (Wildman–Crippen MR) is 86.0 cm³/mol. The van der Waals surface area contributed by atoms with Crippen molar-refractivity contribution in [1.82, 2.24) is 5.32 Å². The maximum absolute atomic E-state index is 12.6. The minimum atomic E-state index is -4.47. The Morgan fingerprint density at radius 1 is 1.04 bits per heavy atom. The van der Waals surface area contributed by atoms with E-state index in [1.165, 1.54) is 12.1 Å². The molecular formula is C18H18F3NO3. The number of nitrogens with one attached hydrogen (secondary N) is 1. The van der Waals surface area contributed by atoms with Gasteiger partial charge in [0, 0.05) is 0 Å². The molecule has 7 heteroatoms. The summed E-state index contributed by atoms with van der Waals surface area (Å²) in [5, 5.41) is 21.8. The lowest BCUT2D eigenvalue weighted by molar-refractivity contribution is -0.148. The predicted octanol–water partition coefficient (Wildman–Crippen LogP) is 3.02. The fourth-order valence-electron chi connectivity index (χ4n) is 2.45. The van der Waals surface area contributed by atoms with E-state index in [-0.39, 0.29) is 5.56 Å². The highest BCUT2D eigenvalue weighted by Crippen LogP contribution is 2.30. The number of aliphatic hydroxyl groups is 1. The summed E-state index contributed by atoms with van der Waals surface area (Å²) in [6, 6.07) is 12.5. The number of aliphatic hydroxyl groups excluding tert-OH is 1. The smallest absolute Gasteiger partial charge is 0.416 e. The van der Waals surface area contributed by atoms with Crippen LogP contribution in [0.5, 0.6) is 0 Å². The van der Waals surface area contributed by atoms with E-state index in [9.17, 15) is 23.1 Å². The van der Waals surface area contributed by atoms with Crippen LogP contribution < -0.4 is 5.32 Å². The zero-order valence-corrected chi connectivity index (χ0v) is 13.2. The maximum Gasteiger partial charge on any atom is 0.416 e. The molecule has 0 aliphatic rings. The number of halogens is 3. The van der Waals surface area contributed by atoms with Crippen LogP contribution in [0.1, 0.15) is 22.7 Å². The molecule has 134 valence electrons. The number of aliphatic carboxylic acids is 1. The van der Waals surface area contributed by atoms with Gasteiger partial charge in [-0.2, -0.15) is 13.2 Å². The van der Waals surface area contributed by atoms with Crippen LogP contribution in [0.25, 0.3) is 0 Å². The van der Waals surface area contributed by atoms with Crippen molar-refractivity contribution >= 4 is 5.97 Å². The lowest BCUT2D eigenvalue weighted by Crippen LogP contribution is -2.38. The fraction of sp³-hybridized carbons (Fsp3) is 0.278. The number of hydrogen-bond donors (Lipinski definition) is 3. The number of hydrogen-bond acceptors (Lipinski definition) is 3. The van der Waals surface area contributed by atoms with Crippen LogP contribution in [0.3, 0.4) is 0 Å². The summed E-state index contributed by atoms with van der Waals surface area (Å²) >= 11 is 0. The first-order chi connectivity index (χ1) is 11.8. The van der Waals surface area contributed by atoms with E-state index in [0.717, 1.165) is 17.7 Å². The first-order valence-corrected chi connectivity index (χ1v) is 7.64. The highest BCUT2D eigenvalue weighted by Gasteiger charge is 2.31. The van der Waals surface area contributed by atoms with E-state index in [2.05, 4.69) is 5.32 Å². The SMILES string of the molecule is O=C(O)[C@H](O)[C@@H](NCCc1ccccc1)c1ccc(C(F)(F)F)cc1. The molecule has 0 amide bonds. The summed E-state index contributed by atoms with van der Waals surface area (Å²) in [6.07, 6.45) is -5.66. The highest BCUT2D eigenvalue weighted by atomic mass is 19.4. The van der Waals surface area contributed by atoms with Gasteiger partial charge in [-0.15, -0.1) is 0 Å². The number of rotatable bonds is 7. The van der Waals surface area contributed by atoms with Crippen molar-refractivity contribution in [2.75, 3.05) is 6.54 Å². The molecule has 2 aromatic carbocycles. The number of carboxylic acid groups (broad SMARTS) is 1. The summed E-state index contributed by atoms with van der Waals surface area (Å²) in [7, 11) is 0. The van der Waals surface area contributed by atoms with Crippen molar-refractivity contribution in [2.24, 2.45) is 0 Å². The molecule has 0 fully saturated rings. The van der Waals surface area contributed by atoms with Gasteiger partial charge in [0.05, 0.1) is 11.6 Å². The molecule has 0 saturated heterocycles. The van der Waals surface area contributed by atoms with Crippen molar-refractivity contribution in [3.8, 4) is 0 Å². The van der Waals surface area contributed by atoms with Gasteiger partial charge in [0.25, 0.3) is 0 Å². The van der Waals surface area contributed by atoms with Crippen molar-refractivity contribution in [3.05, 3.63) is 71.3 Å². The van der Waals surface area contributed by atoms with Gasteiger partial charge in [-0.25, -0.2) is 4.79 Å². The number of carbonyl (C=O) groups is 1. The van der Waals surface area contributed by atoms with Crippen molar-refractivity contribution < 1.29 is 28.2 Å². The molecule has 0 spiro atoms. The van der Waals surface area contributed by atoms with Gasteiger partial charge in [0.15, 0.2) is 6.10 Å². The van der Waals surface area contributed by atoms with Crippen molar-refractivity contribution in [3.63, 3.8) is 0 Å². The van der Waals surface area contributed by atoms with E-state index in [1.54, 1.807) is 0 Å². The molecule has 0 heterocycles. The Balaban J connectivity index is 2.11. The van der Waals surface area contributed by atoms with Gasteiger partial charge >= 0.3 is 12.1 Å². The van der Waals surface area contributed by atoms with Gasteiger partial charge in [-0.05, 0) is 36.2 Å². The van der Waals surface area contributed by atoms with Gasteiger partial charge in [0.2, 0.25) is 0 Å². The quantitative estimate of drug-likeness (QED) is 0.716. The lowest BCUT2D eigenvalue weighted by Gasteiger charge is -2.22. The average Bonchev–Trinajstić information content (AvgIpc) is 2.58. The Bertz CT molecular complexity index is 687. The molecule has 2 atom stereocenters. The van der Waals surface area contributed by atoms with E-state index >= 15 is 0 Å². The Hall–Kier alpha value is -2.38. The molecule has 25 heavy (non-hydrogen) atoms. The zero-order chi connectivity index (χ0) is 18.4. The Morgan fingerprint density at radius 3 is 2.16 bits per heavy atom. The minimum Gasteiger partial charge on any atom is -0.479 e. The first kappa shape index (κ1) is 19.0. The van der Waals surface area contributed by atoms with E-state index in [4.69, 9.17) is 5.11 Å². The van der Waals surface area contributed by atoms with E-state index in [1.807, 2.05) is 30.3 Å². The van der Waals surface area contributed by atoms with Crippen LogP contribution in [0.15, 0.2) is 54.6 Å². The molecule has 2 aromatic rings. The second-order valence-electron chi connectivity index (χ2n) is 5.57. The summed E-state index contributed by atoms with van der Waals surface area (Å²) in [4.78, 5) is 11.1. The van der Waals surface area contributed by atoms with Gasteiger partial charge < -0.3 is 15.5 Å². The summed E-state index contributed by atoms with van der Waals surface area (Å²) < 4.78 is 37.9. The third-order valence-electron chi connectivity index (χ3n) is 3.79. The summed E-state index contributed by atoms with van der Waals surface area (Å²) in [5.74, 6) is -1.45. The second-order valence-corrected chi connectivity index (χ2v) is 5.57. The Kier molecular flexibility index (Phi) is 6.17. The number of carboxylic acids is 1. The zero-order valence-electron chi connectivity index (χ0n) is 13.2. The monoisotopic (exact) mass is 353 g/mol. The van der Waals surface area contributed by atoms with E-state index < -0.39 is 29.9 Å². The lowest BCUT2D eigenvalue weighted by atomic mass is 9.99. The number of alkyl halides is 3. The fourth-order valence-corrected chi connectivity index (χ4v) is 2.45. The van der Waals surface area contributed by atoms with Gasteiger partial charge in [-0.3, -0.25) is 0 Å². The summed E-state index contributed by atoms with van der Waals surface area (Å²) in [6.45, 7) is 0.361. The molecule has 0 bridgehead atoms. The van der Waals surface area contributed by atoms with Crippen LogP contribution in [-0.4, -0.2) is 28.8 Å². The highest BCUT2D eigenvalue weighted by molar-refractivity contribution is 5.73. The number of benzene rings is 2. The van der Waals surface area contributed by atoms with Crippen LogP contribution >= 0.6 is 0 Å². The molecule has 0 aliphatic carbocycles. The van der Waals surface area contributed by atoms with Crippen molar-refractivity contribution in [1.29, 1.82) is 0 Å². The first-order valence-electron chi connectivity index (χ1n) is 7.64. The third-order valence-corrected chi connectivity index (χ3v) is 3.79. The Labute approximate surface area is 142 Å². The largest absolute Gasteiger partial charge is 0.479 e. The second kappa shape index (κ2) is 8.13. The van der Waals surface area contributed by atoms with Gasteiger partial charge in [0.1, 0.15) is 0 Å². The molecular weight excluding hydrogens is 335 g/mol. The molecule has 2 rings (SSSR count). The maximum atomic E-state index is 12.6. The summed E-state index contributed by atoms with van der Waals surface area (Å²) in [5.41, 5.74) is 0.464. The van der Waals surface area contributed by atoms with Crippen LogP contribution in [0.2, 0.25) is 0 Å².